The maximum Gasteiger partial charge on any atom is 0.0949 e. The largest absolute Gasteiger partial charge is 0.390 e. The standard InChI is InChI=1S/C9H17N3O/c1-9(2,13)3-4-12-6-8(5-10)11-7-12/h6-7,13H,3-5,10H2,1-2H3. The molecule has 0 fully saturated rings. The molecule has 0 saturated heterocycles. The minimum absolute atomic E-state index is 0.468. The summed E-state index contributed by atoms with van der Waals surface area (Å²) in [5.74, 6) is 0. The number of hydrogen-bond acceptors (Lipinski definition) is 3. The molecule has 0 aliphatic heterocycles. The molecule has 0 unspecified atom stereocenters. The van der Waals surface area contributed by atoms with Gasteiger partial charge in [-0.05, 0) is 20.3 Å². The highest BCUT2D eigenvalue weighted by Gasteiger charge is 2.11. The molecule has 13 heavy (non-hydrogen) atoms. The Morgan fingerprint density at radius 3 is 2.77 bits per heavy atom. The molecule has 4 nitrogen and oxygen atoms in total. The summed E-state index contributed by atoms with van der Waals surface area (Å²) in [7, 11) is 0. The zero-order chi connectivity index (χ0) is 9.90. The van der Waals surface area contributed by atoms with E-state index in [1.165, 1.54) is 0 Å². The predicted octanol–water partition coefficient (Wildman–Crippen LogP) is 0.503. The third-order valence-corrected chi connectivity index (χ3v) is 1.88. The van der Waals surface area contributed by atoms with Crippen LogP contribution in [0.2, 0.25) is 0 Å². The normalized spacial score (nSPS) is 12.0. The van der Waals surface area contributed by atoms with Gasteiger partial charge < -0.3 is 15.4 Å². The van der Waals surface area contributed by atoms with Crippen LogP contribution in [-0.4, -0.2) is 20.3 Å². The van der Waals surface area contributed by atoms with Gasteiger partial charge in [-0.1, -0.05) is 0 Å². The first-order valence-electron chi connectivity index (χ1n) is 4.44. The monoisotopic (exact) mass is 183 g/mol. The summed E-state index contributed by atoms with van der Waals surface area (Å²) in [4.78, 5) is 4.09. The topological polar surface area (TPSA) is 64.1 Å². The van der Waals surface area contributed by atoms with Crippen molar-refractivity contribution in [2.75, 3.05) is 0 Å². The molecule has 0 spiro atoms. The summed E-state index contributed by atoms with van der Waals surface area (Å²) in [5.41, 5.74) is 5.69. The highest BCUT2D eigenvalue weighted by Crippen LogP contribution is 2.09. The molecule has 4 heteroatoms. The van der Waals surface area contributed by atoms with E-state index in [1.807, 2.05) is 10.8 Å². The van der Waals surface area contributed by atoms with Crippen LogP contribution in [0.15, 0.2) is 12.5 Å². The number of imidazole rings is 1. The number of rotatable bonds is 4. The van der Waals surface area contributed by atoms with Crippen LogP contribution in [0, 0.1) is 0 Å². The summed E-state index contributed by atoms with van der Waals surface area (Å²) >= 11 is 0. The number of nitrogens with zero attached hydrogens (tertiary/aromatic N) is 2. The second-order valence-electron chi connectivity index (χ2n) is 3.87. The van der Waals surface area contributed by atoms with Gasteiger partial charge in [-0.3, -0.25) is 0 Å². The van der Waals surface area contributed by atoms with Gasteiger partial charge in [0, 0.05) is 19.3 Å². The average molecular weight is 183 g/mol. The fraction of sp³-hybridized carbons (Fsp3) is 0.667. The van der Waals surface area contributed by atoms with Gasteiger partial charge in [0.2, 0.25) is 0 Å². The molecule has 0 aliphatic carbocycles. The van der Waals surface area contributed by atoms with E-state index in [-0.39, 0.29) is 0 Å². The van der Waals surface area contributed by atoms with E-state index in [2.05, 4.69) is 4.98 Å². The van der Waals surface area contributed by atoms with E-state index in [4.69, 9.17) is 5.73 Å². The molecule has 0 saturated carbocycles. The Kier molecular flexibility index (Phi) is 3.06. The summed E-state index contributed by atoms with van der Waals surface area (Å²) in [6, 6.07) is 0. The van der Waals surface area contributed by atoms with Crippen LogP contribution < -0.4 is 5.73 Å². The van der Waals surface area contributed by atoms with Crippen LogP contribution in [0.4, 0.5) is 0 Å². The number of aliphatic hydroxyl groups is 1. The Bertz CT molecular complexity index is 262. The molecule has 0 aromatic carbocycles. The maximum atomic E-state index is 9.48. The molecule has 1 aromatic rings. The molecule has 1 heterocycles. The third-order valence-electron chi connectivity index (χ3n) is 1.88. The molecule has 1 aromatic heterocycles. The lowest BCUT2D eigenvalue weighted by Crippen LogP contribution is -2.20. The van der Waals surface area contributed by atoms with Crippen LogP contribution in [0.25, 0.3) is 0 Å². The van der Waals surface area contributed by atoms with Gasteiger partial charge in [0.1, 0.15) is 0 Å². The second-order valence-corrected chi connectivity index (χ2v) is 3.87. The van der Waals surface area contributed by atoms with Crippen molar-refractivity contribution in [2.24, 2.45) is 5.73 Å². The zero-order valence-electron chi connectivity index (χ0n) is 8.20. The minimum atomic E-state index is -0.618. The average Bonchev–Trinajstić information content (AvgIpc) is 2.47. The highest BCUT2D eigenvalue weighted by atomic mass is 16.3. The molecule has 74 valence electrons. The minimum Gasteiger partial charge on any atom is -0.390 e. The summed E-state index contributed by atoms with van der Waals surface area (Å²) in [6.45, 7) is 4.84. The van der Waals surface area contributed by atoms with Crippen LogP contribution in [0.1, 0.15) is 26.0 Å². The Morgan fingerprint density at radius 1 is 1.62 bits per heavy atom. The van der Waals surface area contributed by atoms with Crippen molar-refractivity contribution < 1.29 is 5.11 Å². The van der Waals surface area contributed by atoms with Crippen molar-refractivity contribution in [1.82, 2.24) is 9.55 Å². The fourth-order valence-electron chi connectivity index (χ4n) is 1.04. The van der Waals surface area contributed by atoms with E-state index in [0.29, 0.717) is 13.0 Å². The maximum absolute atomic E-state index is 9.48. The Labute approximate surface area is 78.4 Å². The molecule has 3 N–H and O–H groups in total. The first-order chi connectivity index (χ1) is 6.01. The van der Waals surface area contributed by atoms with Gasteiger partial charge in [-0.25, -0.2) is 4.98 Å². The number of aryl methyl sites for hydroxylation is 1. The van der Waals surface area contributed by atoms with Gasteiger partial charge in [0.25, 0.3) is 0 Å². The molecule has 0 amide bonds. The van der Waals surface area contributed by atoms with Gasteiger partial charge in [0.05, 0.1) is 17.6 Å². The lowest BCUT2D eigenvalue weighted by Gasteiger charge is -2.16. The number of hydrogen-bond donors (Lipinski definition) is 2. The Balaban J connectivity index is 2.46. The van der Waals surface area contributed by atoms with Crippen molar-refractivity contribution in [2.45, 2.75) is 39.0 Å². The van der Waals surface area contributed by atoms with Crippen LogP contribution in [-0.2, 0) is 13.1 Å². The van der Waals surface area contributed by atoms with Crippen LogP contribution >= 0.6 is 0 Å². The van der Waals surface area contributed by atoms with Gasteiger partial charge in [0.15, 0.2) is 0 Å². The van der Waals surface area contributed by atoms with Crippen molar-refractivity contribution >= 4 is 0 Å². The van der Waals surface area contributed by atoms with Gasteiger partial charge in [-0.2, -0.15) is 0 Å². The number of nitrogens with two attached hydrogens (primary N) is 1. The lowest BCUT2D eigenvalue weighted by molar-refractivity contribution is 0.0662. The van der Waals surface area contributed by atoms with E-state index in [0.717, 1.165) is 12.2 Å². The first kappa shape index (κ1) is 10.2. The summed E-state index contributed by atoms with van der Waals surface area (Å²) in [5, 5.41) is 9.48. The van der Waals surface area contributed by atoms with Gasteiger partial charge in [-0.15, -0.1) is 0 Å². The van der Waals surface area contributed by atoms with Crippen LogP contribution in [0.5, 0.6) is 0 Å². The third kappa shape index (κ3) is 3.57. The second kappa shape index (κ2) is 3.89. The van der Waals surface area contributed by atoms with E-state index in [1.54, 1.807) is 20.2 Å². The molecular weight excluding hydrogens is 166 g/mol. The first-order valence-corrected chi connectivity index (χ1v) is 4.44. The van der Waals surface area contributed by atoms with Crippen molar-refractivity contribution in [3.8, 4) is 0 Å². The van der Waals surface area contributed by atoms with Gasteiger partial charge >= 0.3 is 0 Å². The Hall–Kier alpha value is -0.870. The SMILES string of the molecule is CC(C)(O)CCn1cnc(CN)c1. The fourth-order valence-corrected chi connectivity index (χ4v) is 1.04. The van der Waals surface area contributed by atoms with E-state index in [9.17, 15) is 5.11 Å². The quantitative estimate of drug-likeness (QED) is 0.714. The summed E-state index contributed by atoms with van der Waals surface area (Å²) < 4.78 is 1.94. The molecule has 0 aliphatic rings. The Morgan fingerprint density at radius 2 is 2.31 bits per heavy atom. The molecule has 0 bridgehead atoms. The van der Waals surface area contributed by atoms with Crippen molar-refractivity contribution in [3.05, 3.63) is 18.2 Å². The predicted molar refractivity (Wildman–Crippen MR) is 51.0 cm³/mol. The molecule has 0 atom stereocenters. The van der Waals surface area contributed by atoms with Crippen LogP contribution in [0.3, 0.4) is 0 Å². The lowest BCUT2D eigenvalue weighted by atomic mass is 10.1. The smallest absolute Gasteiger partial charge is 0.0949 e. The zero-order valence-corrected chi connectivity index (χ0v) is 8.20. The highest BCUT2D eigenvalue weighted by molar-refractivity contribution is 4.95. The van der Waals surface area contributed by atoms with Crippen molar-refractivity contribution in [3.63, 3.8) is 0 Å². The summed E-state index contributed by atoms with van der Waals surface area (Å²) in [6.07, 6.45) is 4.37. The van der Waals surface area contributed by atoms with E-state index < -0.39 is 5.60 Å². The molecule has 0 radical (unpaired) electrons. The van der Waals surface area contributed by atoms with Crippen molar-refractivity contribution in [1.29, 1.82) is 0 Å². The number of aromatic nitrogens is 2. The molecular formula is C9H17N3O. The van der Waals surface area contributed by atoms with E-state index >= 15 is 0 Å². The molecule has 1 rings (SSSR count).